The minimum atomic E-state index is -2.86. The zero-order chi connectivity index (χ0) is 33.1. The van der Waals surface area contributed by atoms with Crippen molar-refractivity contribution < 1.29 is 37.7 Å². The third-order valence-electron chi connectivity index (χ3n) is 10.2. The van der Waals surface area contributed by atoms with E-state index in [1.54, 1.807) is 24.3 Å². The van der Waals surface area contributed by atoms with Gasteiger partial charge in [-0.3, -0.25) is 19.4 Å². The highest BCUT2D eigenvalue weighted by molar-refractivity contribution is 5.92. The van der Waals surface area contributed by atoms with E-state index in [-0.39, 0.29) is 56.6 Å². The van der Waals surface area contributed by atoms with Crippen LogP contribution in [0.2, 0.25) is 0 Å². The lowest BCUT2D eigenvalue weighted by Gasteiger charge is -2.47. The molecule has 1 saturated carbocycles. The molecule has 0 bridgehead atoms. The fraction of sp³-hybridized carbons (Fsp3) is 0.571. The standard InChI is InChI=1S/C35H44F2N4O6/c1-2-46-26-18-25-20-40(29(22-39(25)21-26)32(42)38-28-14-17-47-30-11-7-6-10-27(28)30)33(43)31(24-12-15-35(36,37)16-13-24)41(34(44)45)19-23-8-4-3-5-9-23/h3-11,24-26,28-29,31H,2,12-22H2,1H3,(H,38,42)(H,44,45)/t25-,26+,28-,29+,31+/m1/s1. The molecule has 10 nitrogen and oxygen atoms in total. The van der Waals surface area contributed by atoms with Crippen molar-refractivity contribution in [3.8, 4) is 5.75 Å². The van der Waals surface area contributed by atoms with Crippen LogP contribution in [0.15, 0.2) is 54.6 Å². The van der Waals surface area contributed by atoms with Crippen LogP contribution < -0.4 is 10.1 Å². The number of carboxylic acid groups (broad SMARTS) is 1. The number of carbonyl (C=O) groups excluding carboxylic acids is 2. The SMILES string of the molecule is CCO[C@H]1C[C@@H]2CN(C(=O)[C@H](C3CCC(F)(F)CC3)N(Cc3ccccc3)C(=O)O)[C@H](C(=O)N[C@@H]3CCOc4ccccc43)CN2C1. The number of fused-ring (bicyclic) bond motifs is 2. The first kappa shape index (κ1) is 33.1. The average molecular weight is 655 g/mol. The molecule has 0 spiro atoms. The number of alkyl halides is 2. The highest BCUT2D eigenvalue weighted by Gasteiger charge is 2.50. The Labute approximate surface area is 274 Å². The molecular weight excluding hydrogens is 610 g/mol. The van der Waals surface area contributed by atoms with Crippen molar-refractivity contribution in [2.45, 2.75) is 88.2 Å². The van der Waals surface area contributed by atoms with E-state index < -0.39 is 48.8 Å². The van der Waals surface area contributed by atoms with E-state index in [4.69, 9.17) is 9.47 Å². The lowest BCUT2D eigenvalue weighted by molar-refractivity contribution is -0.152. The molecule has 12 heteroatoms. The molecule has 0 aromatic heterocycles. The molecular formula is C35H44F2N4O6. The molecule has 4 aliphatic rings. The Morgan fingerprint density at radius 3 is 2.49 bits per heavy atom. The Morgan fingerprint density at radius 1 is 1.04 bits per heavy atom. The monoisotopic (exact) mass is 654 g/mol. The molecule has 2 saturated heterocycles. The number of benzene rings is 2. The van der Waals surface area contributed by atoms with Crippen LogP contribution in [0, 0.1) is 5.92 Å². The molecule has 47 heavy (non-hydrogen) atoms. The molecule has 3 amide bonds. The zero-order valence-corrected chi connectivity index (χ0v) is 26.7. The highest BCUT2D eigenvalue weighted by Crippen LogP contribution is 2.40. The molecule has 3 aliphatic heterocycles. The Morgan fingerprint density at radius 2 is 1.77 bits per heavy atom. The Balaban J connectivity index is 1.32. The van der Waals surface area contributed by atoms with Gasteiger partial charge in [0, 0.05) is 63.7 Å². The van der Waals surface area contributed by atoms with Crippen LogP contribution in [0.1, 0.15) is 62.6 Å². The van der Waals surface area contributed by atoms with Gasteiger partial charge in [-0.15, -0.1) is 0 Å². The summed E-state index contributed by atoms with van der Waals surface area (Å²) in [5.74, 6) is -3.62. The van der Waals surface area contributed by atoms with E-state index in [1.165, 1.54) is 4.90 Å². The van der Waals surface area contributed by atoms with Gasteiger partial charge in [0.25, 0.3) is 0 Å². The fourth-order valence-electron chi connectivity index (χ4n) is 7.81. The second-order valence-electron chi connectivity index (χ2n) is 13.2. The van der Waals surface area contributed by atoms with Crippen LogP contribution in [0.4, 0.5) is 13.6 Å². The number of hydrogen-bond donors (Lipinski definition) is 2. The lowest BCUT2D eigenvalue weighted by atomic mass is 9.80. The molecule has 2 aromatic rings. The van der Waals surface area contributed by atoms with Crippen LogP contribution in [-0.2, 0) is 20.9 Å². The summed E-state index contributed by atoms with van der Waals surface area (Å²) in [6.45, 7) is 3.93. The zero-order valence-electron chi connectivity index (χ0n) is 26.7. The van der Waals surface area contributed by atoms with Gasteiger partial charge in [0.1, 0.15) is 17.8 Å². The number of amides is 3. The summed E-state index contributed by atoms with van der Waals surface area (Å²) in [5.41, 5.74) is 1.54. The normalized spacial score (nSPS) is 26.4. The Hall–Kier alpha value is -3.77. The van der Waals surface area contributed by atoms with E-state index in [9.17, 15) is 28.3 Å². The van der Waals surface area contributed by atoms with Gasteiger partial charge in [0.15, 0.2) is 0 Å². The summed E-state index contributed by atoms with van der Waals surface area (Å²) >= 11 is 0. The van der Waals surface area contributed by atoms with E-state index in [0.29, 0.717) is 43.9 Å². The minimum absolute atomic E-state index is 0.00745. The predicted molar refractivity (Wildman–Crippen MR) is 169 cm³/mol. The number of para-hydroxylation sites is 1. The number of halogens is 2. The number of carbonyl (C=O) groups is 3. The molecule has 6 rings (SSSR count). The van der Waals surface area contributed by atoms with Crippen LogP contribution in [0.5, 0.6) is 5.75 Å². The second kappa shape index (κ2) is 14.1. The van der Waals surface area contributed by atoms with Gasteiger partial charge in [-0.2, -0.15) is 0 Å². The van der Waals surface area contributed by atoms with Gasteiger partial charge in [0.2, 0.25) is 17.7 Å². The Kier molecular flexibility index (Phi) is 9.98. The van der Waals surface area contributed by atoms with E-state index in [2.05, 4.69) is 10.2 Å². The fourth-order valence-corrected chi connectivity index (χ4v) is 7.81. The summed E-state index contributed by atoms with van der Waals surface area (Å²) < 4.78 is 40.4. The molecule has 5 atom stereocenters. The van der Waals surface area contributed by atoms with E-state index in [0.717, 1.165) is 10.5 Å². The van der Waals surface area contributed by atoms with Crippen molar-refractivity contribution in [3.05, 3.63) is 65.7 Å². The number of nitrogens with one attached hydrogen (secondary N) is 1. The Bertz CT molecular complexity index is 1420. The molecule has 3 fully saturated rings. The van der Waals surface area contributed by atoms with Gasteiger partial charge in [-0.1, -0.05) is 48.5 Å². The van der Waals surface area contributed by atoms with Crippen LogP contribution >= 0.6 is 0 Å². The summed E-state index contributed by atoms with van der Waals surface area (Å²) in [7, 11) is 0. The topological polar surface area (TPSA) is 112 Å². The van der Waals surface area contributed by atoms with E-state index >= 15 is 0 Å². The second-order valence-corrected chi connectivity index (χ2v) is 13.2. The average Bonchev–Trinajstić information content (AvgIpc) is 3.46. The third-order valence-corrected chi connectivity index (χ3v) is 10.2. The van der Waals surface area contributed by atoms with Crippen molar-refractivity contribution in [2.75, 3.05) is 32.8 Å². The van der Waals surface area contributed by atoms with Crippen molar-refractivity contribution in [2.24, 2.45) is 5.92 Å². The predicted octanol–water partition coefficient (Wildman–Crippen LogP) is 4.69. The van der Waals surface area contributed by atoms with Gasteiger partial charge < -0.3 is 24.8 Å². The van der Waals surface area contributed by atoms with Crippen molar-refractivity contribution in [1.82, 2.24) is 20.0 Å². The maximum Gasteiger partial charge on any atom is 0.408 e. The smallest absolute Gasteiger partial charge is 0.408 e. The maximum absolute atomic E-state index is 14.9. The summed E-state index contributed by atoms with van der Waals surface area (Å²) in [5, 5.41) is 13.7. The van der Waals surface area contributed by atoms with Crippen molar-refractivity contribution >= 4 is 17.9 Å². The number of nitrogens with zero attached hydrogens (tertiary/aromatic N) is 3. The summed E-state index contributed by atoms with van der Waals surface area (Å²) in [6, 6.07) is 14.0. The van der Waals surface area contributed by atoms with Gasteiger partial charge in [0.05, 0.1) is 18.8 Å². The first-order valence-corrected chi connectivity index (χ1v) is 16.7. The first-order valence-electron chi connectivity index (χ1n) is 16.7. The first-order chi connectivity index (χ1) is 22.6. The molecule has 1 aliphatic carbocycles. The van der Waals surface area contributed by atoms with Crippen LogP contribution in [-0.4, -0.2) is 101 Å². The van der Waals surface area contributed by atoms with E-state index in [1.807, 2.05) is 37.3 Å². The van der Waals surface area contributed by atoms with Crippen LogP contribution in [0.25, 0.3) is 0 Å². The van der Waals surface area contributed by atoms with Gasteiger partial charge >= 0.3 is 6.09 Å². The molecule has 2 aromatic carbocycles. The van der Waals surface area contributed by atoms with Crippen molar-refractivity contribution in [3.63, 3.8) is 0 Å². The highest BCUT2D eigenvalue weighted by atomic mass is 19.3. The quantitative estimate of drug-likeness (QED) is 0.404. The molecule has 254 valence electrons. The maximum atomic E-state index is 14.9. The van der Waals surface area contributed by atoms with Gasteiger partial charge in [-0.25, -0.2) is 13.6 Å². The van der Waals surface area contributed by atoms with Crippen LogP contribution in [0.3, 0.4) is 0 Å². The largest absolute Gasteiger partial charge is 0.493 e. The lowest BCUT2D eigenvalue weighted by Crippen LogP contribution is -2.66. The number of piperazine rings is 1. The van der Waals surface area contributed by atoms with Crippen molar-refractivity contribution in [1.29, 1.82) is 0 Å². The number of hydrogen-bond acceptors (Lipinski definition) is 6. The molecule has 0 radical (unpaired) electrons. The number of rotatable bonds is 9. The van der Waals surface area contributed by atoms with Gasteiger partial charge in [-0.05, 0) is 43.7 Å². The molecule has 2 N–H and O–H groups in total. The summed E-state index contributed by atoms with van der Waals surface area (Å²) in [4.78, 5) is 46.8. The third kappa shape index (κ3) is 7.38. The molecule has 0 unspecified atom stereocenters. The number of ether oxygens (including phenoxy) is 2. The summed E-state index contributed by atoms with van der Waals surface area (Å²) in [6.07, 6.45) is -0.936. The molecule has 3 heterocycles. The minimum Gasteiger partial charge on any atom is -0.493 e.